The molecule has 1 aliphatic heterocycles. The number of hydrogen-bond donors (Lipinski definition) is 1. The van der Waals surface area contributed by atoms with E-state index in [1.165, 1.54) is 18.4 Å². The number of ether oxygens (including phenoxy) is 1. The Bertz CT molecular complexity index is 361. The first-order valence-electron chi connectivity index (χ1n) is 7.11. The molecule has 106 valence electrons. The van der Waals surface area contributed by atoms with Gasteiger partial charge in [-0.1, -0.05) is 6.07 Å². The molecule has 4 heteroatoms. The highest BCUT2D eigenvalue weighted by molar-refractivity contribution is 5.16. The van der Waals surface area contributed by atoms with Crippen molar-refractivity contribution >= 4 is 0 Å². The molecule has 0 radical (unpaired) electrons. The third-order valence-corrected chi connectivity index (χ3v) is 3.97. The second-order valence-corrected chi connectivity index (χ2v) is 5.52. The number of pyridine rings is 1. The maximum atomic E-state index is 6.20. The lowest BCUT2D eigenvalue weighted by atomic mass is 9.93. The number of piperidine rings is 1. The van der Waals surface area contributed by atoms with Gasteiger partial charge in [-0.2, -0.15) is 0 Å². The van der Waals surface area contributed by atoms with Crippen LogP contribution in [0.3, 0.4) is 0 Å². The van der Waals surface area contributed by atoms with Crippen molar-refractivity contribution in [2.75, 3.05) is 26.8 Å². The van der Waals surface area contributed by atoms with Crippen LogP contribution in [0.4, 0.5) is 0 Å². The Hall–Kier alpha value is -0.970. The second kappa shape index (κ2) is 6.98. The van der Waals surface area contributed by atoms with Gasteiger partial charge in [-0.3, -0.25) is 9.88 Å². The van der Waals surface area contributed by atoms with Crippen LogP contribution in [0.5, 0.6) is 0 Å². The highest BCUT2D eigenvalue weighted by atomic mass is 16.5. The third kappa shape index (κ3) is 3.75. The van der Waals surface area contributed by atoms with E-state index in [1.807, 2.05) is 18.5 Å². The van der Waals surface area contributed by atoms with Gasteiger partial charge in [0, 0.05) is 32.2 Å². The van der Waals surface area contributed by atoms with Gasteiger partial charge in [-0.15, -0.1) is 0 Å². The van der Waals surface area contributed by atoms with E-state index in [1.54, 1.807) is 7.11 Å². The quantitative estimate of drug-likeness (QED) is 0.880. The van der Waals surface area contributed by atoms with Crippen molar-refractivity contribution in [2.24, 2.45) is 11.7 Å². The van der Waals surface area contributed by atoms with Crippen LogP contribution < -0.4 is 5.73 Å². The molecule has 1 saturated heterocycles. The van der Waals surface area contributed by atoms with Crippen molar-refractivity contribution in [3.63, 3.8) is 0 Å². The first kappa shape index (κ1) is 14.4. The van der Waals surface area contributed by atoms with Gasteiger partial charge in [0.25, 0.3) is 0 Å². The average Bonchev–Trinajstić information content (AvgIpc) is 2.42. The van der Waals surface area contributed by atoms with E-state index >= 15 is 0 Å². The fourth-order valence-electron chi connectivity index (χ4n) is 3.03. The van der Waals surface area contributed by atoms with E-state index in [0.29, 0.717) is 5.92 Å². The lowest BCUT2D eigenvalue weighted by molar-refractivity contribution is 0.0735. The summed E-state index contributed by atoms with van der Waals surface area (Å²) in [5, 5.41) is 0. The summed E-state index contributed by atoms with van der Waals surface area (Å²) in [7, 11) is 1.78. The molecule has 0 bridgehead atoms. The summed E-state index contributed by atoms with van der Waals surface area (Å²) in [5.41, 5.74) is 7.42. The van der Waals surface area contributed by atoms with E-state index in [-0.39, 0.29) is 12.1 Å². The molecule has 0 aliphatic carbocycles. The molecule has 19 heavy (non-hydrogen) atoms. The minimum absolute atomic E-state index is 0.114. The summed E-state index contributed by atoms with van der Waals surface area (Å²) in [5.74, 6) is 0.698. The molecule has 0 amide bonds. The molecule has 2 N–H and O–H groups in total. The van der Waals surface area contributed by atoms with Gasteiger partial charge in [-0.05, 0) is 50.4 Å². The molecule has 0 aromatic carbocycles. The summed E-state index contributed by atoms with van der Waals surface area (Å²) in [6.45, 7) is 5.15. The predicted octanol–water partition coefficient (Wildman–Crippen LogP) is 1.83. The fourth-order valence-corrected chi connectivity index (χ4v) is 3.03. The maximum absolute atomic E-state index is 6.20. The lowest BCUT2D eigenvalue weighted by Crippen LogP contribution is -2.44. The van der Waals surface area contributed by atoms with Gasteiger partial charge in [-0.25, -0.2) is 0 Å². The van der Waals surface area contributed by atoms with Crippen LogP contribution in [0, 0.1) is 5.92 Å². The molecule has 2 atom stereocenters. The van der Waals surface area contributed by atoms with Crippen molar-refractivity contribution in [1.29, 1.82) is 0 Å². The van der Waals surface area contributed by atoms with Crippen molar-refractivity contribution in [3.05, 3.63) is 30.1 Å². The Morgan fingerprint density at radius 2 is 2.21 bits per heavy atom. The number of aromatic nitrogens is 1. The minimum atomic E-state index is 0.114. The van der Waals surface area contributed by atoms with Gasteiger partial charge < -0.3 is 10.5 Å². The molecule has 0 saturated carbocycles. The van der Waals surface area contributed by atoms with Crippen LogP contribution in [0.25, 0.3) is 0 Å². The molecule has 0 spiro atoms. The number of rotatable bonds is 5. The summed E-state index contributed by atoms with van der Waals surface area (Å²) in [6.07, 6.45) is 6.14. The summed E-state index contributed by atoms with van der Waals surface area (Å²) in [6, 6.07) is 4.50. The van der Waals surface area contributed by atoms with Gasteiger partial charge in [0.15, 0.2) is 0 Å². The molecule has 1 aromatic heterocycles. The van der Waals surface area contributed by atoms with E-state index < -0.39 is 0 Å². The van der Waals surface area contributed by atoms with Crippen LogP contribution in [-0.2, 0) is 4.74 Å². The number of nitrogens with zero attached hydrogens (tertiary/aromatic N) is 2. The molecule has 2 rings (SSSR count). The summed E-state index contributed by atoms with van der Waals surface area (Å²) in [4.78, 5) is 6.72. The Morgan fingerprint density at radius 1 is 1.47 bits per heavy atom. The first-order valence-corrected chi connectivity index (χ1v) is 7.11. The van der Waals surface area contributed by atoms with Crippen molar-refractivity contribution < 1.29 is 4.74 Å². The zero-order valence-corrected chi connectivity index (χ0v) is 12.0. The van der Waals surface area contributed by atoms with E-state index in [0.717, 1.165) is 19.7 Å². The smallest absolute Gasteiger partial charge is 0.0511 e. The summed E-state index contributed by atoms with van der Waals surface area (Å²) < 4.78 is 5.26. The predicted molar refractivity (Wildman–Crippen MR) is 76.8 cm³/mol. The highest BCUT2D eigenvalue weighted by Crippen LogP contribution is 2.28. The lowest BCUT2D eigenvalue weighted by Gasteiger charge is -2.39. The third-order valence-electron chi connectivity index (χ3n) is 3.97. The molecule has 1 aromatic rings. The van der Waals surface area contributed by atoms with Crippen molar-refractivity contribution in [2.45, 2.75) is 31.8 Å². The van der Waals surface area contributed by atoms with Gasteiger partial charge in [0.1, 0.15) is 0 Å². The van der Waals surface area contributed by atoms with Crippen LogP contribution in [0.15, 0.2) is 24.5 Å². The van der Waals surface area contributed by atoms with Crippen molar-refractivity contribution in [3.8, 4) is 0 Å². The molecule has 4 nitrogen and oxygen atoms in total. The largest absolute Gasteiger partial charge is 0.384 e. The SMILES string of the molecule is COCC1CCN(C(c2cccnc2)C(C)N)CC1. The number of methoxy groups -OCH3 is 1. The molecule has 2 unspecified atom stereocenters. The molecule has 1 aliphatic rings. The van der Waals surface area contributed by atoms with Gasteiger partial charge in [0.05, 0.1) is 6.04 Å². The van der Waals surface area contributed by atoms with Crippen LogP contribution >= 0.6 is 0 Å². The van der Waals surface area contributed by atoms with Gasteiger partial charge >= 0.3 is 0 Å². The minimum Gasteiger partial charge on any atom is -0.384 e. The Kier molecular flexibility index (Phi) is 5.31. The van der Waals surface area contributed by atoms with Crippen LogP contribution in [0.1, 0.15) is 31.4 Å². The van der Waals surface area contributed by atoms with Crippen LogP contribution in [0.2, 0.25) is 0 Å². The Balaban J connectivity index is 2.02. The topological polar surface area (TPSA) is 51.4 Å². The first-order chi connectivity index (χ1) is 9.22. The van der Waals surface area contributed by atoms with E-state index in [2.05, 4.69) is 22.9 Å². The average molecular weight is 263 g/mol. The van der Waals surface area contributed by atoms with E-state index in [9.17, 15) is 0 Å². The number of nitrogens with two attached hydrogens (primary N) is 1. The Labute approximate surface area is 116 Å². The van der Waals surface area contributed by atoms with Crippen molar-refractivity contribution in [1.82, 2.24) is 9.88 Å². The standard InChI is InChI=1S/C15H25N3O/c1-12(16)15(14-4-3-7-17-10-14)18-8-5-13(6-9-18)11-19-2/h3-4,7,10,12-13,15H,5-6,8-9,11,16H2,1-2H3. The maximum Gasteiger partial charge on any atom is 0.0511 e. The Morgan fingerprint density at radius 3 is 2.74 bits per heavy atom. The highest BCUT2D eigenvalue weighted by Gasteiger charge is 2.28. The number of likely N-dealkylation sites (tertiary alicyclic amines) is 1. The normalized spacial score (nSPS) is 21.2. The molecule has 2 heterocycles. The van der Waals surface area contributed by atoms with Crippen LogP contribution in [-0.4, -0.2) is 42.7 Å². The zero-order valence-electron chi connectivity index (χ0n) is 12.0. The molecule has 1 fully saturated rings. The van der Waals surface area contributed by atoms with Gasteiger partial charge in [0.2, 0.25) is 0 Å². The second-order valence-electron chi connectivity index (χ2n) is 5.52. The molecular formula is C15H25N3O. The fraction of sp³-hybridized carbons (Fsp3) is 0.667. The van der Waals surface area contributed by atoms with E-state index in [4.69, 9.17) is 10.5 Å². The summed E-state index contributed by atoms with van der Waals surface area (Å²) >= 11 is 0. The zero-order chi connectivity index (χ0) is 13.7. The number of hydrogen-bond acceptors (Lipinski definition) is 4. The monoisotopic (exact) mass is 263 g/mol. The molecular weight excluding hydrogens is 238 g/mol.